The molecule has 7 heteroatoms. The summed E-state index contributed by atoms with van der Waals surface area (Å²) in [6.45, 7) is 0.446. The summed E-state index contributed by atoms with van der Waals surface area (Å²) in [5.74, 6) is -1.11. The van der Waals surface area contributed by atoms with Crippen molar-refractivity contribution in [2.24, 2.45) is 0 Å². The zero-order valence-corrected chi connectivity index (χ0v) is 15.3. The number of nitrogens with one attached hydrogen (secondary N) is 2. The predicted octanol–water partition coefficient (Wildman–Crippen LogP) is 1.66. The average Bonchev–Trinajstić information content (AvgIpc) is 3.14. The Labute approximate surface area is 162 Å². The summed E-state index contributed by atoms with van der Waals surface area (Å²) in [5, 5.41) is 14.5. The maximum Gasteiger partial charge on any atom is 0.326 e. The van der Waals surface area contributed by atoms with Crippen LogP contribution in [0.25, 0.3) is 0 Å². The van der Waals surface area contributed by atoms with Gasteiger partial charge in [-0.3, -0.25) is 9.59 Å². The molecule has 2 atom stereocenters. The Balaban J connectivity index is 1.55. The first kappa shape index (κ1) is 19.4. The van der Waals surface area contributed by atoms with Gasteiger partial charge in [0.15, 0.2) is 0 Å². The third-order valence-electron chi connectivity index (χ3n) is 4.54. The van der Waals surface area contributed by atoms with E-state index in [0.717, 1.165) is 11.1 Å². The van der Waals surface area contributed by atoms with E-state index >= 15 is 0 Å². The van der Waals surface area contributed by atoms with Crippen molar-refractivity contribution in [2.45, 2.75) is 38.0 Å². The predicted molar refractivity (Wildman–Crippen MR) is 102 cm³/mol. The summed E-state index contributed by atoms with van der Waals surface area (Å²) in [7, 11) is 0. The van der Waals surface area contributed by atoms with Gasteiger partial charge in [-0.25, -0.2) is 4.79 Å². The third-order valence-corrected chi connectivity index (χ3v) is 4.54. The molecule has 0 spiro atoms. The van der Waals surface area contributed by atoms with Gasteiger partial charge in [0.1, 0.15) is 24.4 Å². The highest BCUT2D eigenvalue weighted by atomic mass is 16.5. The molecule has 7 nitrogen and oxygen atoms in total. The molecule has 3 rings (SSSR count). The second-order valence-corrected chi connectivity index (χ2v) is 6.68. The van der Waals surface area contributed by atoms with Gasteiger partial charge in [-0.2, -0.15) is 0 Å². The minimum absolute atomic E-state index is 0.140. The van der Waals surface area contributed by atoms with E-state index in [4.69, 9.17) is 4.74 Å². The first-order chi connectivity index (χ1) is 13.5. The highest BCUT2D eigenvalue weighted by molar-refractivity contribution is 5.92. The van der Waals surface area contributed by atoms with Crippen molar-refractivity contribution < 1.29 is 24.2 Å². The van der Waals surface area contributed by atoms with Crippen LogP contribution in [0.2, 0.25) is 0 Å². The molecule has 3 N–H and O–H groups in total. The first-order valence-corrected chi connectivity index (χ1v) is 9.09. The zero-order valence-electron chi connectivity index (χ0n) is 15.3. The highest BCUT2D eigenvalue weighted by Gasteiger charge is 2.30. The van der Waals surface area contributed by atoms with E-state index in [1.165, 1.54) is 0 Å². The normalized spacial score (nSPS) is 16.9. The zero-order chi connectivity index (χ0) is 19.9. The van der Waals surface area contributed by atoms with Crippen LogP contribution in [0.5, 0.6) is 5.75 Å². The summed E-state index contributed by atoms with van der Waals surface area (Å²) in [4.78, 5) is 34.9. The fourth-order valence-corrected chi connectivity index (χ4v) is 2.98. The topological polar surface area (TPSA) is 105 Å². The lowest BCUT2D eigenvalue weighted by molar-refractivity contribution is -0.142. The molecule has 1 aliphatic rings. The molecule has 2 aromatic rings. The number of carbonyl (C=O) groups is 3. The number of ether oxygens (including phenoxy) is 1. The second-order valence-electron chi connectivity index (χ2n) is 6.68. The molecular weight excluding hydrogens is 360 g/mol. The van der Waals surface area contributed by atoms with Crippen LogP contribution in [0.3, 0.4) is 0 Å². The Kier molecular flexibility index (Phi) is 6.26. The Morgan fingerprint density at radius 3 is 2.43 bits per heavy atom. The molecule has 28 heavy (non-hydrogen) atoms. The van der Waals surface area contributed by atoms with Gasteiger partial charge in [-0.05, 0) is 29.7 Å². The molecule has 1 fully saturated rings. The molecule has 1 heterocycles. The van der Waals surface area contributed by atoms with Crippen LogP contribution in [0.4, 0.5) is 0 Å². The van der Waals surface area contributed by atoms with Crippen LogP contribution in [0, 0.1) is 0 Å². The molecule has 0 aliphatic carbocycles. The fourth-order valence-electron chi connectivity index (χ4n) is 2.98. The third kappa shape index (κ3) is 5.33. The van der Waals surface area contributed by atoms with Crippen LogP contribution in [-0.4, -0.2) is 35.0 Å². The molecule has 0 radical (unpaired) electrons. The van der Waals surface area contributed by atoms with E-state index < -0.39 is 24.0 Å². The minimum Gasteiger partial charge on any atom is -0.489 e. The van der Waals surface area contributed by atoms with E-state index in [-0.39, 0.29) is 18.7 Å². The van der Waals surface area contributed by atoms with Crippen LogP contribution in [0.15, 0.2) is 54.6 Å². The minimum atomic E-state index is -1.12. The maximum absolute atomic E-state index is 12.2. The monoisotopic (exact) mass is 382 g/mol. The van der Waals surface area contributed by atoms with Gasteiger partial charge >= 0.3 is 5.97 Å². The summed E-state index contributed by atoms with van der Waals surface area (Å²) in [6, 6.07) is 15.1. The van der Waals surface area contributed by atoms with Crippen LogP contribution in [-0.2, 0) is 27.4 Å². The molecule has 1 aliphatic heterocycles. The number of rotatable bonds is 8. The number of benzene rings is 2. The molecule has 0 aromatic heterocycles. The lowest BCUT2D eigenvalue weighted by Crippen LogP contribution is -2.49. The lowest BCUT2D eigenvalue weighted by Gasteiger charge is -2.17. The second kappa shape index (κ2) is 9.03. The standard InChI is InChI=1S/C21H22N2O5/c24-19-11-10-17(22-19)20(25)23-18(21(26)27)12-14-6-8-16(9-7-14)28-13-15-4-2-1-3-5-15/h1-9,17-18H,10-13H2,(H,22,24)(H,23,25)(H,26,27)/t17-,18-/m1/s1. The van der Waals surface area contributed by atoms with E-state index in [9.17, 15) is 19.5 Å². The van der Waals surface area contributed by atoms with Gasteiger partial charge < -0.3 is 20.5 Å². The van der Waals surface area contributed by atoms with Gasteiger partial charge in [0.2, 0.25) is 11.8 Å². The molecule has 0 unspecified atom stereocenters. The van der Waals surface area contributed by atoms with E-state index in [2.05, 4.69) is 10.6 Å². The molecule has 0 bridgehead atoms. The maximum atomic E-state index is 12.2. The summed E-state index contributed by atoms with van der Waals surface area (Å²) < 4.78 is 5.72. The number of hydrogen-bond donors (Lipinski definition) is 3. The van der Waals surface area contributed by atoms with Gasteiger partial charge in [0.25, 0.3) is 0 Å². The Morgan fingerprint density at radius 2 is 1.82 bits per heavy atom. The van der Waals surface area contributed by atoms with Crippen molar-refractivity contribution in [1.82, 2.24) is 10.6 Å². The van der Waals surface area contributed by atoms with Crippen LogP contribution >= 0.6 is 0 Å². The first-order valence-electron chi connectivity index (χ1n) is 9.09. The lowest BCUT2D eigenvalue weighted by atomic mass is 10.1. The number of amides is 2. The van der Waals surface area contributed by atoms with Gasteiger partial charge in [-0.1, -0.05) is 42.5 Å². The Bertz CT molecular complexity index is 836. The van der Waals surface area contributed by atoms with Gasteiger partial charge in [-0.15, -0.1) is 0 Å². The number of carboxylic acid groups (broad SMARTS) is 1. The smallest absolute Gasteiger partial charge is 0.326 e. The van der Waals surface area contributed by atoms with Crippen molar-refractivity contribution in [1.29, 1.82) is 0 Å². The molecule has 0 saturated carbocycles. The Hall–Kier alpha value is -3.35. The van der Waals surface area contributed by atoms with Crippen molar-refractivity contribution in [3.05, 3.63) is 65.7 Å². The summed E-state index contributed by atoms with van der Waals surface area (Å²) in [5.41, 5.74) is 1.81. The SMILES string of the molecule is O=C1CC[C@H](C(=O)N[C@H](Cc2ccc(OCc3ccccc3)cc2)C(=O)O)N1. The number of hydrogen-bond acceptors (Lipinski definition) is 4. The van der Waals surface area contributed by atoms with E-state index in [1.807, 2.05) is 30.3 Å². The summed E-state index contributed by atoms with van der Waals surface area (Å²) >= 11 is 0. The molecular formula is C21H22N2O5. The largest absolute Gasteiger partial charge is 0.489 e. The Morgan fingerprint density at radius 1 is 1.11 bits per heavy atom. The highest BCUT2D eigenvalue weighted by Crippen LogP contribution is 2.16. The van der Waals surface area contributed by atoms with Crippen molar-refractivity contribution in [3.8, 4) is 5.75 Å². The average molecular weight is 382 g/mol. The van der Waals surface area contributed by atoms with E-state index in [0.29, 0.717) is 18.8 Å². The molecule has 1 saturated heterocycles. The molecule has 2 aromatic carbocycles. The van der Waals surface area contributed by atoms with Crippen molar-refractivity contribution in [2.75, 3.05) is 0 Å². The van der Waals surface area contributed by atoms with Crippen LogP contribution in [0.1, 0.15) is 24.0 Å². The van der Waals surface area contributed by atoms with Crippen molar-refractivity contribution >= 4 is 17.8 Å². The van der Waals surface area contributed by atoms with Gasteiger partial charge in [0, 0.05) is 12.8 Å². The summed E-state index contributed by atoms with van der Waals surface area (Å²) in [6.07, 6.45) is 0.797. The fraction of sp³-hybridized carbons (Fsp3) is 0.286. The molecule has 146 valence electrons. The number of aliphatic carboxylic acids is 1. The van der Waals surface area contributed by atoms with Gasteiger partial charge in [0.05, 0.1) is 0 Å². The number of carbonyl (C=O) groups excluding carboxylic acids is 2. The van der Waals surface area contributed by atoms with E-state index in [1.54, 1.807) is 24.3 Å². The quantitative estimate of drug-likeness (QED) is 0.644. The van der Waals surface area contributed by atoms with Crippen LogP contribution < -0.4 is 15.4 Å². The van der Waals surface area contributed by atoms with Crippen molar-refractivity contribution in [3.63, 3.8) is 0 Å². The number of carboxylic acids is 1. The molecule has 2 amide bonds.